The molecule has 1 heterocycles. The van der Waals surface area contributed by atoms with Crippen molar-refractivity contribution < 1.29 is 17.6 Å². The Morgan fingerprint density at radius 2 is 1.66 bits per heavy atom. The number of rotatable bonds is 5. The fourth-order valence-corrected chi connectivity index (χ4v) is 3.94. The minimum Gasteiger partial charge on any atom is -0.455 e. The van der Waals surface area contributed by atoms with Gasteiger partial charge in [0, 0.05) is 17.7 Å². The van der Waals surface area contributed by atoms with Gasteiger partial charge in [-0.15, -0.1) is 0 Å². The Morgan fingerprint density at radius 1 is 0.969 bits per heavy atom. The number of para-hydroxylation sites is 1. The molecule has 1 amide bonds. The van der Waals surface area contributed by atoms with Gasteiger partial charge in [-0.2, -0.15) is 0 Å². The maximum Gasteiger partial charge on any atom is 0.255 e. The molecule has 1 aromatic heterocycles. The monoisotopic (exact) mass is 448 g/mol. The van der Waals surface area contributed by atoms with Crippen LogP contribution in [0.3, 0.4) is 0 Å². The fraction of sp³-hybridized carbons (Fsp3) is 0.0833. The number of hydrogen-bond acceptors (Lipinski definition) is 5. The van der Waals surface area contributed by atoms with Crippen LogP contribution in [0.4, 0.5) is 0 Å². The summed E-state index contributed by atoms with van der Waals surface area (Å²) in [5.41, 5.74) is 2.15. The number of carbonyl (C=O) groups excluding carboxylic acids is 1. The van der Waals surface area contributed by atoms with E-state index in [9.17, 15) is 18.0 Å². The van der Waals surface area contributed by atoms with Crippen molar-refractivity contribution >= 4 is 26.9 Å². The van der Waals surface area contributed by atoms with Gasteiger partial charge in [-0.1, -0.05) is 48.5 Å². The lowest BCUT2D eigenvalue weighted by Gasteiger charge is -2.11. The molecule has 0 atom stereocenters. The summed E-state index contributed by atoms with van der Waals surface area (Å²) in [6, 6.07) is 20.0. The van der Waals surface area contributed by atoms with Crippen molar-refractivity contribution in [2.24, 2.45) is 5.14 Å². The summed E-state index contributed by atoms with van der Waals surface area (Å²) in [6.45, 7) is 1.85. The lowest BCUT2D eigenvalue weighted by Crippen LogP contribution is -2.23. The molecule has 0 aliphatic rings. The van der Waals surface area contributed by atoms with Crippen molar-refractivity contribution in [3.63, 3.8) is 0 Å². The van der Waals surface area contributed by atoms with Crippen LogP contribution in [0.25, 0.3) is 22.3 Å². The van der Waals surface area contributed by atoms with E-state index in [0.29, 0.717) is 22.3 Å². The van der Waals surface area contributed by atoms with Crippen LogP contribution >= 0.6 is 0 Å². The van der Waals surface area contributed by atoms with Crippen molar-refractivity contribution in [3.8, 4) is 11.3 Å². The zero-order valence-electron chi connectivity index (χ0n) is 17.2. The molecule has 162 valence electrons. The largest absolute Gasteiger partial charge is 0.455 e. The lowest BCUT2D eigenvalue weighted by molar-refractivity contribution is 0.0951. The van der Waals surface area contributed by atoms with Crippen molar-refractivity contribution in [2.45, 2.75) is 18.4 Å². The highest BCUT2D eigenvalue weighted by Crippen LogP contribution is 2.27. The van der Waals surface area contributed by atoms with E-state index in [0.717, 1.165) is 5.56 Å². The van der Waals surface area contributed by atoms with Gasteiger partial charge in [-0.25, -0.2) is 13.6 Å². The SMILES string of the molecule is Cc1c(-c2ccccc2)oc2c(C(=O)NCc3ccc(S(N)(=O)=O)cc3)cccc2c1=O. The highest BCUT2D eigenvalue weighted by atomic mass is 32.2. The van der Waals surface area contributed by atoms with E-state index >= 15 is 0 Å². The van der Waals surface area contributed by atoms with Crippen LogP contribution in [0.1, 0.15) is 21.5 Å². The summed E-state index contributed by atoms with van der Waals surface area (Å²) in [4.78, 5) is 25.8. The second kappa shape index (κ2) is 8.41. The molecule has 0 aliphatic heterocycles. The molecule has 3 N–H and O–H groups in total. The Hall–Kier alpha value is -3.75. The molecule has 3 aromatic carbocycles. The number of nitrogens with one attached hydrogen (secondary N) is 1. The molecular weight excluding hydrogens is 428 g/mol. The molecule has 7 nitrogen and oxygen atoms in total. The normalized spacial score (nSPS) is 11.4. The molecule has 0 spiro atoms. The molecule has 4 aromatic rings. The van der Waals surface area contributed by atoms with E-state index in [-0.39, 0.29) is 28.0 Å². The van der Waals surface area contributed by atoms with E-state index in [1.165, 1.54) is 12.1 Å². The molecule has 8 heteroatoms. The maximum atomic E-state index is 12.9. The van der Waals surface area contributed by atoms with Gasteiger partial charge in [0.15, 0.2) is 11.0 Å². The van der Waals surface area contributed by atoms with Crippen LogP contribution < -0.4 is 15.9 Å². The molecule has 0 fully saturated rings. The van der Waals surface area contributed by atoms with Crippen LogP contribution in [0.15, 0.2) is 86.9 Å². The zero-order valence-corrected chi connectivity index (χ0v) is 18.0. The standard InChI is InChI=1S/C24H20N2O5S/c1-15-21(27)19-8-5-9-20(23(19)31-22(15)17-6-3-2-4-7-17)24(28)26-14-16-10-12-18(13-11-16)32(25,29)30/h2-13H,14H2,1H3,(H,26,28)(H2,25,29,30). The average molecular weight is 449 g/mol. The Bertz CT molecular complexity index is 1480. The topological polar surface area (TPSA) is 119 Å². The Labute approximate surface area is 184 Å². The molecule has 32 heavy (non-hydrogen) atoms. The first-order valence-corrected chi connectivity index (χ1v) is 11.3. The third kappa shape index (κ3) is 4.18. The van der Waals surface area contributed by atoms with E-state index in [1.807, 2.05) is 30.3 Å². The fourth-order valence-electron chi connectivity index (χ4n) is 3.43. The van der Waals surface area contributed by atoms with Gasteiger partial charge in [0.05, 0.1) is 15.8 Å². The number of hydrogen-bond donors (Lipinski definition) is 2. The molecule has 0 radical (unpaired) electrons. The number of fused-ring (bicyclic) bond motifs is 1. The van der Waals surface area contributed by atoms with Gasteiger partial charge >= 0.3 is 0 Å². The highest BCUT2D eigenvalue weighted by molar-refractivity contribution is 7.89. The van der Waals surface area contributed by atoms with E-state index in [2.05, 4.69) is 5.32 Å². The zero-order chi connectivity index (χ0) is 22.9. The minimum absolute atomic E-state index is 0.00721. The Balaban J connectivity index is 1.67. The first-order valence-electron chi connectivity index (χ1n) is 9.77. The van der Waals surface area contributed by atoms with Gasteiger partial charge < -0.3 is 9.73 Å². The highest BCUT2D eigenvalue weighted by Gasteiger charge is 2.18. The number of sulfonamides is 1. The van der Waals surface area contributed by atoms with Gasteiger partial charge in [0.1, 0.15) is 5.76 Å². The Kier molecular flexibility index (Phi) is 5.65. The summed E-state index contributed by atoms with van der Waals surface area (Å²) in [7, 11) is -3.78. The third-order valence-corrected chi connectivity index (χ3v) is 6.06. The van der Waals surface area contributed by atoms with E-state index < -0.39 is 15.9 Å². The number of carbonyl (C=O) groups is 1. The summed E-state index contributed by atoms with van der Waals surface area (Å²) >= 11 is 0. The van der Waals surface area contributed by atoms with E-state index in [1.54, 1.807) is 37.3 Å². The summed E-state index contributed by atoms with van der Waals surface area (Å²) in [5.74, 6) is -0.000861. The quantitative estimate of drug-likeness (QED) is 0.485. The molecule has 0 bridgehead atoms. The Morgan fingerprint density at radius 3 is 2.31 bits per heavy atom. The van der Waals surface area contributed by atoms with Crippen LogP contribution in [0.2, 0.25) is 0 Å². The number of benzene rings is 3. The third-order valence-electron chi connectivity index (χ3n) is 5.13. The first-order chi connectivity index (χ1) is 15.3. The van der Waals surface area contributed by atoms with Crippen molar-refractivity contribution in [1.29, 1.82) is 0 Å². The van der Waals surface area contributed by atoms with Crippen LogP contribution in [0, 0.1) is 6.92 Å². The smallest absolute Gasteiger partial charge is 0.255 e. The van der Waals surface area contributed by atoms with Gasteiger partial charge in [-0.3, -0.25) is 9.59 Å². The van der Waals surface area contributed by atoms with Crippen molar-refractivity contribution in [1.82, 2.24) is 5.32 Å². The molecule has 0 saturated carbocycles. The number of primary sulfonamides is 1. The summed E-state index contributed by atoms with van der Waals surface area (Å²) in [6.07, 6.45) is 0. The molecule has 4 rings (SSSR count). The number of nitrogens with two attached hydrogens (primary N) is 1. The predicted molar refractivity (Wildman–Crippen MR) is 122 cm³/mol. The molecule has 0 aliphatic carbocycles. The van der Waals surface area contributed by atoms with Gasteiger partial charge in [0.25, 0.3) is 5.91 Å². The van der Waals surface area contributed by atoms with Crippen LogP contribution in [-0.4, -0.2) is 14.3 Å². The first kappa shape index (κ1) is 21.5. The second-order valence-electron chi connectivity index (χ2n) is 7.31. The minimum atomic E-state index is -3.78. The molecule has 0 unspecified atom stereocenters. The molecular formula is C24H20N2O5S. The maximum absolute atomic E-state index is 12.9. The lowest BCUT2D eigenvalue weighted by atomic mass is 10.0. The predicted octanol–water partition coefficient (Wildman–Crippen LogP) is 3.35. The van der Waals surface area contributed by atoms with E-state index in [4.69, 9.17) is 9.56 Å². The molecule has 0 saturated heterocycles. The van der Waals surface area contributed by atoms with Crippen LogP contribution in [-0.2, 0) is 16.6 Å². The average Bonchev–Trinajstić information content (AvgIpc) is 2.79. The van der Waals surface area contributed by atoms with Crippen LogP contribution in [0.5, 0.6) is 0 Å². The number of amides is 1. The van der Waals surface area contributed by atoms with Gasteiger partial charge in [-0.05, 0) is 36.8 Å². The second-order valence-corrected chi connectivity index (χ2v) is 8.87. The summed E-state index contributed by atoms with van der Waals surface area (Å²) in [5, 5.41) is 8.20. The van der Waals surface area contributed by atoms with Crippen molar-refractivity contribution in [2.75, 3.05) is 0 Å². The summed E-state index contributed by atoms with van der Waals surface area (Å²) < 4.78 is 28.8. The van der Waals surface area contributed by atoms with Crippen molar-refractivity contribution in [3.05, 3.63) is 99.7 Å². The van der Waals surface area contributed by atoms with Gasteiger partial charge in [0.2, 0.25) is 10.0 Å².